The largest absolute Gasteiger partial charge is 0.384 e. The molecule has 0 bridgehead atoms. The van der Waals surface area contributed by atoms with Gasteiger partial charge in [0, 0.05) is 20.6 Å². The van der Waals surface area contributed by atoms with Gasteiger partial charge in [-0.25, -0.2) is 21.1 Å². The molecule has 0 spiro atoms. The van der Waals surface area contributed by atoms with Gasteiger partial charge in [-0.2, -0.15) is 0 Å². The summed E-state index contributed by atoms with van der Waals surface area (Å²) in [7, 11) is -4.99. The van der Waals surface area contributed by atoms with Crippen molar-refractivity contribution in [1.82, 2.24) is 4.31 Å². The molecule has 0 radical (unpaired) electrons. The summed E-state index contributed by atoms with van der Waals surface area (Å²) in [5.41, 5.74) is 0.527. The lowest BCUT2D eigenvalue weighted by atomic mass is 10.2. The molecular weight excluding hydrogens is 441 g/mol. The number of hydrogen-bond donors (Lipinski definition) is 2. The second-order valence-corrected chi connectivity index (χ2v) is 11.4. The van der Waals surface area contributed by atoms with Crippen LogP contribution in [0.15, 0.2) is 34.1 Å². The number of nitrogens with one attached hydrogen (secondary N) is 2. The van der Waals surface area contributed by atoms with Gasteiger partial charge in [0.05, 0.1) is 20.6 Å². The van der Waals surface area contributed by atoms with Crippen LogP contribution in [0, 0.1) is 0 Å². The molecule has 0 aliphatic heterocycles. The number of benzene rings is 1. The van der Waals surface area contributed by atoms with Gasteiger partial charge in [0.1, 0.15) is 9.23 Å². The predicted molar refractivity (Wildman–Crippen MR) is 107 cm³/mol. The lowest BCUT2D eigenvalue weighted by Crippen LogP contribution is -2.22. The number of sulfonamides is 2. The minimum absolute atomic E-state index is 0.0181. The maximum Gasteiger partial charge on any atom is 0.264 e. The summed E-state index contributed by atoms with van der Waals surface area (Å²) in [5.74, 6) is 0. The maximum absolute atomic E-state index is 12.7. The standard InChI is InChI=1S/C14H17Cl2N3O4S3/c1-4-17-10-6-5-9(26(22,23)19(2)3)7-11(10)18-25(20,21)12-8-13(15)24-14(12)16/h5-8,17-18H,4H2,1-3H3. The molecule has 0 atom stereocenters. The number of rotatable bonds is 7. The van der Waals surface area contributed by atoms with E-state index in [9.17, 15) is 16.8 Å². The highest BCUT2D eigenvalue weighted by atomic mass is 35.5. The first kappa shape index (κ1) is 21.3. The molecule has 1 aromatic heterocycles. The molecule has 0 aliphatic rings. The fraction of sp³-hybridized carbons (Fsp3) is 0.286. The summed E-state index contributed by atoms with van der Waals surface area (Å²) in [4.78, 5) is -0.214. The Balaban J connectivity index is 2.54. The van der Waals surface area contributed by atoms with Gasteiger partial charge in [-0.1, -0.05) is 23.2 Å². The third-order valence-electron chi connectivity index (χ3n) is 3.30. The van der Waals surface area contributed by atoms with Crippen molar-refractivity contribution in [3.05, 3.63) is 32.9 Å². The summed E-state index contributed by atoms with van der Waals surface area (Å²) < 4.78 is 53.7. The Kier molecular flexibility index (Phi) is 6.47. The van der Waals surface area contributed by atoms with Gasteiger partial charge >= 0.3 is 0 Å². The number of thiophene rings is 1. The molecule has 0 saturated heterocycles. The Hall–Kier alpha value is -1.04. The van der Waals surface area contributed by atoms with E-state index in [1.165, 1.54) is 38.4 Å². The molecule has 2 aromatic rings. The average molecular weight is 458 g/mol. The van der Waals surface area contributed by atoms with E-state index in [1.54, 1.807) is 0 Å². The third kappa shape index (κ3) is 4.44. The summed E-state index contributed by atoms with van der Waals surface area (Å²) >= 11 is 12.7. The van der Waals surface area contributed by atoms with Crippen LogP contribution in [0.25, 0.3) is 0 Å². The van der Waals surface area contributed by atoms with Crippen molar-refractivity contribution in [1.29, 1.82) is 0 Å². The zero-order chi connectivity index (χ0) is 19.7. The molecule has 2 rings (SSSR count). The van der Waals surface area contributed by atoms with Crippen LogP contribution in [0.2, 0.25) is 8.67 Å². The van der Waals surface area contributed by atoms with Gasteiger partial charge < -0.3 is 5.32 Å². The Morgan fingerprint density at radius 2 is 1.73 bits per heavy atom. The van der Waals surface area contributed by atoms with Crippen molar-refractivity contribution in [3.8, 4) is 0 Å². The monoisotopic (exact) mass is 457 g/mol. The van der Waals surface area contributed by atoms with Gasteiger partial charge in [0.2, 0.25) is 10.0 Å². The van der Waals surface area contributed by atoms with Crippen molar-refractivity contribution in [2.45, 2.75) is 16.7 Å². The molecule has 2 N–H and O–H groups in total. The normalized spacial score (nSPS) is 12.4. The Morgan fingerprint density at radius 3 is 2.23 bits per heavy atom. The van der Waals surface area contributed by atoms with Crippen molar-refractivity contribution >= 4 is 66.0 Å². The van der Waals surface area contributed by atoms with Crippen LogP contribution in [-0.4, -0.2) is 41.8 Å². The van der Waals surface area contributed by atoms with Crippen molar-refractivity contribution in [2.24, 2.45) is 0 Å². The smallest absolute Gasteiger partial charge is 0.264 e. The molecule has 0 amide bonds. The first-order chi connectivity index (χ1) is 12.0. The van der Waals surface area contributed by atoms with Crippen LogP contribution in [0.1, 0.15) is 6.92 Å². The van der Waals surface area contributed by atoms with E-state index in [-0.39, 0.29) is 24.2 Å². The van der Waals surface area contributed by atoms with E-state index >= 15 is 0 Å². The predicted octanol–water partition coefficient (Wildman–Crippen LogP) is 3.54. The topological polar surface area (TPSA) is 95.6 Å². The minimum Gasteiger partial charge on any atom is -0.384 e. The first-order valence-electron chi connectivity index (χ1n) is 7.27. The highest BCUT2D eigenvalue weighted by Crippen LogP contribution is 2.36. The highest BCUT2D eigenvalue weighted by Gasteiger charge is 2.24. The van der Waals surface area contributed by atoms with Crippen molar-refractivity contribution < 1.29 is 16.8 Å². The van der Waals surface area contributed by atoms with Crippen LogP contribution in [0.5, 0.6) is 0 Å². The van der Waals surface area contributed by atoms with E-state index in [4.69, 9.17) is 23.2 Å². The average Bonchev–Trinajstić information content (AvgIpc) is 2.88. The van der Waals surface area contributed by atoms with Gasteiger partial charge in [0.25, 0.3) is 10.0 Å². The van der Waals surface area contributed by atoms with Gasteiger partial charge in [0.15, 0.2) is 0 Å². The second kappa shape index (κ2) is 7.91. The zero-order valence-electron chi connectivity index (χ0n) is 14.1. The quantitative estimate of drug-likeness (QED) is 0.662. The van der Waals surface area contributed by atoms with E-state index in [0.29, 0.717) is 12.2 Å². The Morgan fingerprint density at radius 1 is 1.08 bits per heavy atom. The van der Waals surface area contributed by atoms with E-state index < -0.39 is 20.0 Å². The molecule has 1 heterocycles. The summed E-state index contributed by atoms with van der Waals surface area (Å²) in [5, 5.41) is 2.99. The van der Waals surface area contributed by atoms with Crippen LogP contribution < -0.4 is 10.0 Å². The van der Waals surface area contributed by atoms with Crippen LogP contribution in [0.3, 0.4) is 0 Å². The fourth-order valence-electron chi connectivity index (χ4n) is 2.03. The highest BCUT2D eigenvalue weighted by molar-refractivity contribution is 7.93. The summed E-state index contributed by atoms with van der Waals surface area (Å²) in [6, 6.07) is 5.40. The fourth-order valence-corrected chi connectivity index (χ4v) is 6.18. The van der Waals surface area contributed by atoms with Crippen LogP contribution in [-0.2, 0) is 20.0 Å². The molecule has 0 aliphatic carbocycles. The lowest BCUT2D eigenvalue weighted by molar-refractivity contribution is 0.521. The summed E-state index contributed by atoms with van der Waals surface area (Å²) in [6.45, 7) is 2.35. The van der Waals surface area contributed by atoms with Crippen molar-refractivity contribution in [3.63, 3.8) is 0 Å². The minimum atomic E-state index is -4.05. The zero-order valence-corrected chi connectivity index (χ0v) is 18.0. The SMILES string of the molecule is CCNc1ccc(S(=O)(=O)N(C)C)cc1NS(=O)(=O)c1cc(Cl)sc1Cl. The molecule has 0 fully saturated rings. The van der Waals surface area contributed by atoms with Crippen LogP contribution in [0.4, 0.5) is 11.4 Å². The van der Waals surface area contributed by atoms with Crippen molar-refractivity contribution in [2.75, 3.05) is 30.7 Å². The molecule has 1 aromatic carbocycles. The molecule has 12 heteroatoms. The van der Waals surface area contributed by atoms with Gasteiger partial charge in [-0.3, -0.25) is 4.72 Å². The maximum atomic E-state index is 12.7. The molecule has 7 nitrogen and oxygen atoms in total. The number of halogens is 2. The van der Waals surface area contributed by atoms with E-state index in [2.05, 4.69) is 10.0 Å². The van der Waals surface area contributed by atoms with Gasteiger partial charge in [-0.15, -0.1) is 11.3 Å². The van der Waals surface area contributed by atoms with E-state index in [1.807, 2.05) is 6.92 Å². The Labute approximate surface area is 167 Å². The molecule has 0 unspecified atom stereocenters. The number of hydrogen-bond acceptors (Lipinski definition) is 6. The molecule has 26 heavy (non-hydrogen) atoms. The third-order valence-corrected chi connectivity index (χ3v) is 8.23. The molecular formula is C14H17Cl2N3O4S3. The van der Waals surface area contributed by atoms with Gasteiger partial charge in [-0.05, 0) is 31.2 Å². The second-order valence-electron chi connectivity index (χ2n) is 5.32. The molecule has 0 saturated carbocycles. The summed E-state index contributed by atoms with van der Waals surface area (Å²) in [6.07, 6.45) is 0. The van der Waals surface area contributed by atoms with Crippen LogP contribution >= 0.6 is 34.5 Å². The number of anilines is 2. The van der Waals surface area contributed by atoms with E-state index in [0.717, 1.165) is 15.6 Å². The lowest BCUT2D eigenvalue weighted by Gasteiger charge is -2.17. The Bertz CT molecular complexity index is 1020. The molecule has 144 valence electrons. The first-order valence-corrected chi connectivity index (χ1v) is 11.8. The number of nitrogens with zero attached hydrogens (tertiary/aromatic N) is 1.